The molecule has 2 fully saturated rings. The van der Waals surface area contributed by atoms with E-state index in [9.17, 15) is 38.4 Å². The van der Waals surface area contributed by atoms with E-state index in [0.717, 1.165) is 17.9 Å². The van der Waals surface area contributed by atoms with Crippen molar-refractivity contribution in [2.75, 3.05) is 38.7 Å². The van der Waals surface area contributed by atoms with Crippen molar-refractivity contribution < 1.29 is 43.1 Å². The van der Waals surface area contributed by atoms with Gasteiger partial charge in [0.15, 0.2) is 0 Å². The van der Waals surface area contributed by atoms with Crippen molar-refractivity contribution in [1.29, 1.82) is 0 Å². The fourth-order valence-electron chi connectivity index (χ4n) is 6.86. The summed E-state index contributed by atoms with van der Waals surface area (Å²) in [6.07, 6.45) is 0.410. The summed E-state index contributed by atoms with van der Waals surface area (Å²) in [4.78, 5) is 110. The van der Waals surface area contributed by atoms with E-state index in [4.69, 9.17) is 4.74 Å². The molecule has 0 aromatic heterocycles. The number of ether oxygens (including phenoxy) is 1. The lowest BCUT2D eigenvalue weighted by Gasteiger charge is -2.37. The van der Waals surface area contributed by atoms with Gasteiger partial charge in [0.1, 0.15) is 18.1 Å². The van der Waals surface area contributed by atoms with Crippen molar-refractivity contribution in [1.82, 2.24) is 31.1 Å². The second-order valence-corrected chi connectivity index (χ2v) is 19.1. The molecular formula is C42H56N6O9S2. The molecule has 5 unspecified atom stereocenters. The number of Topliss-reactive ketones (excluding diaryl/α,β-unsaturated/α-hetero) is 1. The van der Waals surface area contributed by atoms with Crippen LogP contribution in [0.4, 0.5) is 0 Å². The van der Waals surface area contributed by atoms with Gasteiger partial charge in [-0.15, -0.1) is 23.5 Å². The number of likely N-dealkylation sites (N-methyl/N-ethyl adjacent to an activating group) is 1. The van der Waals surface area contributed by atoms with E-state index in [2.05, 4.69) is 21.3 Å². The third-order valence-electron chi connectivity index (χ3n) is 9.89. The number of carbonyl (C=O) groups is 8. The highest BCUT2D eigenvalue weighted by Crippen LogP contribution is 2.50. The fourth-order valence-corrected chi connectivity index (χ4v) is 10.2. The summed E-state index contributed by atoms with van der Waals surface area (Å²) in [6, 6.07) is 12.5. The molecule has 15 nitrogen and oxygen atoms in total. The number of carbonyl (C=O) groups excluding carboxylic acids is 8. The van der Waals surface area contributed by atoms with Crippen molar-refractivity contribution in [2.45, 2.75) is 94.7 Å². The van der Waals surface area contributed by atoms with Crippen molar-refractivity contribution in [2.24, 2.45) is 5.41 Å². The minimum atomic E-state index is -1.33. The molecule has 0 saturated carbocycles. The van der Waals surface area contributed by atoms with Gasteiger partial charge >= 0.3 is 5.97 Å². The second-order valence-electron chi connectivity index (χ2n) is 15.9. The third kappa shape index (κ3) is 12.6. The van der Waals surface area contributed by atoms with Gasteiger partial charge in [-0.05, 0) is 35.3 Å². The molecular weight excluding hydrogens is 797 g/mol. The molecule has 4 rings (SSSR count). The summed E-state index contributed by atoms with van der Waals surface area (Å²) in [5.74, 6) is -4.06. The topological polar surface area (TPSA) is 200 Å². The van der Waals surface area contributed by atoms with Gasteiger partial charge in [0.25, 0.3) is 11.8 Å². The Morgan fingerprint density at radius 3 is 2.02 bits per heavy atom. The monoisotopic (exact) mass is 852 g/mol. The van der Waals surface area contributed by atoms with E-state index in [0.29, 0.717) is 17.5 Å². The zero-order chi connectivity index (χ0) is 43.5. The Kier molecular flexibility index (Phi) is 16.6. The Morgan fingerprint density at radius 1 is 0.881 bits per heavy atom. The number of hydrogen-bond donors (Lipinski definition) is 4. The van der Waals surface area contributed by atoms with Crippen molar-refractivity contribution in [3.8, 4) is 0 Å². The van der Waals surface area contributed by atoms with Crippen molar-refractivity contribution in [3.05, 3.63) is 71.8 Å². The summed E-state index contributed by atoms with van der Waals surface area (Å²) in [7, 11) is 3.10. The molecule has 2 aromatic rings. The molecule has 2 aromatic carbocycles. The van der Waals surface area contributed by atoms with E-state index in [1.807, 2.05) is 0 Å². The molecule has 59 heavy (non-hydrogen) atoms. The van der Waals surface area contributed by atoms with Crippen LogP contribution in [-0.4, -0.2) is 118 Å². The van der Waals surface area contributed by atoms with Crippen molar-refractivity contribution in [3.63, 3.8) is 0 Å². The molecule has 2 heterocycles. The number of nitrogens with one attached hydrogen (secondary N) is 4. The highest BCUT2D eigenvalue weighted by molar-refractivity contribution is 8.18. The standard InChI is InChI=1S/C42H56N6O9S2/c1-8-16-29(33(51)37(53)43-24-31(50)45-32(39(55)47(6)7)27-17-11-9-12-18-27)44-36(52)30-23-42(58-21-15-22-59-42)25-48(30)40(56)35(41(3,4)5)46-38(54)34(57-26(2)49)28-19-13-10-14-20-28/h9-14,17-20,29-30,32,34-35H,8,15-16,21-25H2,1-7H3,(H,43,53)(H,44,52)(H,45,50)(H,46,54). The second kappa shape index (κ2) is 20.9. The number of amides is 6. The first kappa shape index (κ1) is 46.8. The summed E-state index contributed by atoms with van der Waals surface area (Å²) in [5, 5.41) is 10.5. The van der Waals surface area contributed by atoms with Crippen LogP contribution in [-0.2, 0) is 43.1 Å². The van der Waals surface area contributed by atoms with Gasteiger partial charge in [0.05, 0.1) is 16.7 Å². The maximum Gasteiger partial charge on any atom is 0.303 e. The number of likely N-dealkylation sites (tertiary alicyclic amines) is 1. The Labute approximate surface area is 354 Å². The summed E-state index contributed by atoms with van der Waals surface area (Å²) in [5.41, 5.74) is 0.0908. The Balaban J connectivity index is 1.52. The highest BCUT2D eigenvalue weighted by Gasteiger charge is 2.53. The van der Waals surface area contributed by atoms with Crippen LogP contribution < -0.4 is 21.3 Å². The van der Waals surface area contributed by atoms with Crippen LogP contribution >= 0.6 is 23.5 Å². The van der Waals surface area contributed by atoms with Crippen LogP contribution in [0.2, 0.25) is 0 Å². The zero-order valence-electron chi connectivity index (χ0n) is 34.7. The molecule has 1 spiro atoms. The average molecular weight is 853 g/mol. The zero-order valence-corrected chi connectivity index (χ0v) is 36.3. The molecule has 0 radical (unpaired) electrons. The Hall–Kier alpha value is -4.90. The molecule has 6 amide bonds. The van der Waals surface area contributed by atoms with Gasteiger partial charge in [-0.1, -0.05) is 94.8 Å². The predicted octanol–water partition coefficient (Wildman–Crippen LogP) is 2.90. The van der Waals surface area contributed by atoms with Crippen LogP contribution in [0.25, 0.3) is 0 Å². The summed E-state index contributed by atoms with van der Waals surface area (Å²) >= 11 is 3.33. The summed E-state index contributed by atoms with van der Waals surface area (Å²) < 4.78 is 4.89. The maximum atomic E-state index is 14.7. The first-order chi connectivity index (χ1) is 27.9. The lowest BCUT2D eigenvalue weighted by atomic mass is 9.85. The first-order valence-corrected chi connectivity index (χ1v) is 21.6. The quantitative estimate of drug-likeness (QED) is 0.143. The molecule has 2 aliphatic rings. The van der Waals surface area contributed by atoms with E-state index < -0.39 is 93.5 Å². The van der Waals surface area contributed by atoms with Gasteiger partial charge in [0.2, 0.25) is 35.5 Å². The lowest BCUT2D eigenvalue weighted by Crippen LogP contribution is -2.59. The molecule has 2 saturated heterocycles. The molecule has 4 N–H and O–H groups in total. The van der Waals surface area contributed by atoms with Crippen LogP contribution in [0.1, 0.15) is 83.6 Å². The number of thioether (sulfide) groups is 2. The normalized spacial score (nSPS) is 18.0. The van der Waals surface area contributed by atoms with Crippen LogP contribution in [0, 0.1) is 5.41 Å². The van der Waals surface area contributed by atoms with Crippen molar-refractivity contribution >= 4 is 70.7 Å². The largest absolute Gasteiger partial charge is 0.447 e. The molecule has 17 heteroatoms. The smallest absolute Gasteiger partial charge is 0.303 e. The average Bonchev–Trinajstić information content (AvgIpc) is 3.57. The van der Waals surface area contributed by atoms with Gasteiger partial charge in [0, 0.05) is 39.5 Å². The van der Waals surface area contributed by atoms with Crippen LogP contribution in [0.3, 0.4) is 0 Å². The van der Waals surface area contributed by atoms with Gasteiger partial charge in [-0.2, -0.15) is 0 Å². The maximum absolute atomic E-state index is 14.7. The minimum absolute atomic E-state index is 0.102. The number of benzene rings is 2. The number of esters is 1. The third-order valence-corrected chi connectivity index (χ3v) is 13.2. The van der Waals surface area contributed by atoms with Crippen LogP contribution in [0.5, 0.6) is 0 Å². The van der Waals surface area contributed by atoms with E-state index in [1.54, 1.807) is 126 Å². The first-order valence-electron chi connectivity index (χ1n) is 19.7. The lowest BCUT2D eigenvalue weighted by molar-refractivity contribution is -0.156. The van der Waals surface area contributed by atoms with E-state index in [1.165, 1.54) is 16.7 Å². The number of rotatable bonds is 16. The Bertz CT molecular complexity index is 1850. The fraction of sp³-hybridized carbons (Fsp3) is 0.524. The number of ketones is 1. The van der Waals surface area contributed by atoms with Crippen LogP contribution in [0.15, 0.2) is 60.7 Å². The van der Waals surface area contributed by atoms with E-state index >= 15 is 0 Å². The molecule has 5 atom stereocenters. The van der Waals surface area contributed by atoms with Gasteiger partial charge < -0.3 is 35.8 Å². The predicted molar refractivity (Wildman–Crippen MR) is 226 cm³/mol. The van der Waals surface area contributed by atoms with E-state index in [-0.39, 0.29) is 19.4 Å². The van der Waals surface area contributed by atoms with Gasteiger partial charge in [-0.25, -0.2) is 0 Å². The number of nitrogens with zero attached hydrogens (tertiary/aromatic N) is 2. The molecule has 0 bridgehead atoms. The minimum Gasteiger partial charge on any atom is -0.447 e. The molecule has 0 aliphatic carbocycles. The highest BCUT2D eigenvalue weighted by atomic mass is 32.2. The molecule has 2 aliphatic heterocycles. The number of hydrogen-bond acceptors (Lipinski definition) is 11. The molecule has 320 valence electrons. The van der Waals surface area contributed by atoms with Gasteiger partial charge in [-0.3, -0.25) is 38.4 Å². The Morgan fingerprint density at radius 2 is 1.47 bits per heavy atom. The summed E-state index contributed by atoms with van der Waals surface area (Å²) in [6.45, 7) is 7.90. The SMILES string of the molecule is CCCC(NC(=O)C1CC2(CN1C(=O)C(NC(=O)C(OC(C)=O)c1ccccc1)C(C)(C)C)SCCCS2)C(=O)C(=O)NCC(=O)NC(C(=O)N(C)C)c1ccccc1.